The lowest BCUT2D eigenvalue weighted by atomic mass is 10.1. The molecule has 0 aliphatic carbocycles. The van der Waals surface area contributed by atoms with Gasteiger partial charge in [-0.1, -0.05) is 141 Å². The predicted octanol–water partition coefficient (Wildman–Crippen LogP) is 14.0. The second kappa shape index (κ2) is 46.1. The van der Waals surface area contributed by atoms with Crippen LogP contribution in [0.3, 0.4) is 0 Å². The second-order valence-corrected chi connectivity index (χ2v) is 16.6. The van der Waals surface area contributed by atoms with Crippen molar-refractivity contribution in [2.45, 2.75) is 188 Å². The first kappa shape index (κ1) is 58.6. The summed E-state index contributed by atoms with van der Waals surface area (Å²) in [6.07, 6.45) is 44.7. The number of allylic oxidation sites excluding steroid dienone is 8. The molecular formula is C55H93NO8. The van der Waals surface area contributed by atoms with Gasteiger partial charge in [-0.2, -0.15) is 0 Å². The Morgan fingerprint density at radius 2 is 0.812 bits per heavy atom. The van der Waals surface area contributed by atoms with Gasteiger partial charge in [-0.05, 0) is 108 Å². The minimum absolute atomic E-state index is 0.157. The summed E-state index contributed by atoms with van der Waals surface area (Å²) in [5.74, 6) is 1.11. The summed E-state index contributed by atoms with van der Waals surface area (Å²) < 4.78 is 34.2. The summed E-state index contributed by atoms with van der Waals surface area (Å²) in [7, 11) is 0. The van der Waals surface area contributed by atoms with Gasteiger partial charge in [0, 0.05) is 25.5 Å². The number of unbranched alkanes of at least 4 members (excludes halogenated alkanes) is 16. The van der Waals surface area contributed by atoms with E-state index in [1.807, 2.05) is 18.2 Å². The Labute approximate surface area is 391 Å². The van der Waals surface area contributed by atoms with Crippen LogP contribution in [0.2, 0.25) is 0 Å². The third-order valence-corrected chi connectivity index (χ3v) is 10.9. The molecule has 0 bridgehead atoms. The van der Waals surface area contributed by atoms with Crippen molar-refractivity contribution in [1.82, 2.24) is 4.90 Å². The summed E-state index contributed by atoms with van der Waals surface area (Å²) in [5.41, 5.74) is 1.10. The van der Waals surface area contributed by atoms with Crippen LogP contribution in [-0.4, -0.2) is 82.8 Å². The molecule has 9 nitrogen and oxygen atoms in total. The molecule has 0 fully saturated rings. The highest BCUT2D eigenvalue weighted by atomic mass is 16.6. The summed E-state index contributed by atoms with van der Waals surface area (Å²) in [5, 5.41) is 0. The van der Waals surface area contributed by atoms with E-state index in [0.29, 0.717) is 64.0 Å². The first-order valence-corrected chi connectivity index (χ1v) is 25.7. The molecule has 0 saturated heterocycles. The Bertz CT molecular complexity index is 1250. The normalized spacial score (nSPS) is 11.9. The van der Waals surface area contributed by atoms with Crippen LogP contribution in [0.1, 0.15) is 187 Å². The van der Waals surface area contributed by atoms with Crippen molar-refractivity contribution < 1.29 is 38.0 Å². The fourth-order valence-electron chi connectivity index (χ4n) is 6.97. The molecule has 0 N–H and O–H groups in total. The van der Waals surface area contributed by atoms with E-state index in [1.54, 1.807) is 0 Å². The maximum absolute atomic E-state index is 12.1. The predicted molar refractivity (Wildman–Crippen MR) is 266 cm³/mol. The molecular weight excluding hydrogens is 803 g/mol. The number of ether oxygens (including phenoxy) is 6. The van der Waals surface area contributed by atoms with E-state index in [4.69, 9.17) is 28.4 Å². The lowest BCUT2D eigenvalue weighted by Gasteiger charge is -2.19. The first-order chi connectivity index (χ1) is 31.5. The van der Waals surface area contributed by atoms with Crippen molar-refractivity contribution in [3.63, 3.8) is 0 Å². The van der Waals surface area contributed by atoms with E-state index in [1.165, 1.54) is 77.0 Å². The summed E-state index contributed by atoms with van der Waals surface area (Å²) in [6.45, 7) is 14.1. The Hall–Kier alpha value is -3.40. The molecule has 0 aliphatic heterocycles. The van der Waals surface area contributed by atoms with E-state index >= 15 is 0 Å². The fraction of sp³-hybridized carbons (Fsp3) is 0.709. The monoisotopic (exact) mass is 896 g/mol. The highest BCUT2D eigenvalue weighted by Crippen LogP contribution is 2.24. The number of esters is 2. The Morgan fingerprint density at radius 3 is 1.22 bits per heavy atom. The lowest BCUT2D eigenvalue weighted by molar-refractivity contribution is -0.146. The van der Waals surface area contributed by atoms with Crippen molar-refractivity contribution in [3.8, 4) is 11.5 Å². The Kier molecular flexibility index (Phi) is 42.3. The van der Waals surface area contributed by atoms with Gasteiger partial charge in [-0.25, -0.2) is 0 Å². The van der Waals surface area contributed by atoms with Crippen LogP contribution in [0.25, 0.3) is 0 Å². The van der Waals surface area contributed by atoms with Crippen LogP contribution in [0.15, 0.2) is 66.8 Å². The fourth-order valence-corrected chi connectivity index (χ4v) is 6.97. The molecule has 0 amide bonds. The van der Waals surface area contributed by atoms with E-state index in [0.717, 1.165) is 89.4 Å². The van der Waals surface area contributed by atoms with Gasteiger partial charge in [0.05, 0.1) is 26.4 Å². The molecule has 1 aromatic rings. The van der Waals surface area contributed by atoms with Crippen molar-refractivity contribution in [3.05, 3.63) is 72.4 Å². The third kappa shape index (κ3) is 39.0. The summed E-state index contributed by atoms with van der Waals surface area (Å²) in [4.78, 5) is 26.6. The zero-order chi connectivity index (χ0) is 46.2. The number of carbonyl (C=O) groups is 2. The molecule has 0 heterocycles. The minimum Gasteiger partial charge on any atom is -0.491 e. The van der Waals surface area contributed by atoms with Crippen molar-refractivity contribution in [2.75, 3.05) is 65.9 Å². The highest BCUT2D eigenvalue weighted by molar-refractivity contribution is 5.69. The molecule has 0 aromatic heterocycles. The van der Waals surface area contributed by atoms with E-state index in [2.05, 4.69) is 81.2 Å². The van der Waals surface area contributed by atoms with E-state index in [-0.39, 0.29) is 25.2 Å². The average molecular weight is 896 g/mol. The minimum atomic E-state index is -0.157. The molecule has 0 atom stereocenters. The quantitative estimate of drug-likeness (QED) is 0.0360. The highest BCUT2D eigenvalue weighted by Gasteiger charge is 2.09. The van der Waals surface area contributed by atoms with Crippen LogP contribution < -0.4 is 9.47 Å². The van der Waals surface area contributed by atoms with E-state index < -0.39 is 0 Å². The summed E-state index contributed by atoms with van der Waals surface area (Å²) >= 11 is 0. The van der Waals surface area contributed by atoms with Gasteiger partial charge in [0.2, 0.25) is 0 Å². The van der Waals surface area contributed by atoms with Gasteiger partial charge in [0.1, 0.15) is 37.9 Å². The van der Waals surface area contributed by atoms with Gasteiger partial charge in [-0.15, -0.1) is 0 Å². The van der Waals surface area contributed by atoms with Gasteiger partial charge < -0.3 is 28.4 Å². The Balaban J connectivity index is 2.15. The van der Waals surface area contributed by atoms with Crippen LogP contribution >= 0.6 is 0 Å². The number of hydrogen-bond acceptors (Lipinski definition) is 9. The molecule has 64 heavy (non-hydrogen) atoms. The first-order valence-electron chi connectivity index (χ1n) is 25.7. The van der Waals surface area contributed by atoms with Crippen molar-refractivity contribution in [2.24, 2.45) is 0 Å². The number of benzene rings is 1. The smallest absolute Gasteiger partial charge is 0.305 e. The van der Waals surface area contributed by atoms with Crippen LogP contribution in [0.5, 0.6) is 11.5 Å². The van der Waals surface area contributed by atoms with Crippen molar-refractivity contribution in [1.29, 1.82) is 0 Å². The number of carbonyl (C=O) groups excluding carboxylic acids is 2. The SMILES string of the molecule is CCCCC/C=C\C/C=C\CCCCCCCC(=O)OCCOCCOc1cc(CN(CC)CC)cc(OCCOCCOC(=O)CCCCCCC/C=C\C/C=C\CCCCC)c1. The molecule has 0 saturated carbocycles. The molecule has 0 aliphatic rings. The van der Waals surface area contributed by atoms with Crippen LogP contribution in [-0.2, 0) is 35.1 Å². The van der Waals surface area contributed by atoms with Gasteiger partial charge in [-0.3, -0.25) is 14.5 Å². The van der Waals surface area contributed by atoms with Gasteiger partial charge >= 0.3 is 11.9 Å². The molecule has 0 spiro atoms. The number of rotatable bonds is 46. The molecule has 9 heteroatoms. The zero-order valence-corrected chi connectivity index (χ0v) is 41.3. The Morgan fingerprint density at radius 1 is 0.438 bits per heavy atom. The van der Waals surface area contributed by atoms with E-state index in [9.17, 15) is 9.59 Å². The second-order valence-electron chi connectivity index (χ2n) is 16.6. The third-order valence-electron chi connectivity index (χ3n) is 10.9. The summed E-state index contributed by atoms with van der Waals surface area (Å²) in [6, 6.07) is 5.97. The number of hydrogen-bond donors (Lipinski definition) is 0. The molecule has 0 unspecified atom stereocenters. The topological polar surface area (TPSA) is 92.8 Å². The molecule has 366 valence electrons. The number of nitrogens with zero attached hydrogens (tertiary/aromatic N) is 1. The zero-order valence-electron chi connectivity index (χ0n) is 41.3. The molecule has 1 rings (SSSR count). The van der Waals surface area contributed by atoms with Gasteiger partial charge in [0.15, 0.2) is 0 Å². The maximum atomic E-state index is 12.1. The lowest BCUT2D eigenvalue weighted by Crippen LogP contribution is -2.22. The average Bonchev–Trinajstić information content (AvgIpc) is 3.30. The maximum Gasteiger partial charge on any atom is 0.305 e. The standard InChI is InChI=1S/C55H93NO8/c1-5-9-11-13-15-17-19-21-23-25-27-29-31-33-35-37-54(57)63-45-41-59-39-43-61-52-47-51(50-56(7-3)8-4)48-53(49-52)62-44-40-60-42-46-64-55(58)38-36-34-32-30-28-26-24-22-20-18-16-14-12-10-6-2/h15-18,21-24,47-49H,5-14,19-20,25-46,50H2,1-4H3/b17-15-,18-16-,23-21-,24-22-. The molecule has 0 radical (unpaired) electrons. The van der Waals surface area contributed by atoms with Gasteiger partial charge in [0.25, 0.3) is 0 Å². The van der Waals surface area contributed by atoms with Crippen molar-refractivity contribution >= 4 is 11.9 Å². The molecule has 1 aromatic carbocycles. The van der Waals surface area contributed by atoms with Crippen LogP contribution in [0.4, 0.5) is 0 Å². The van der Waals surface area contributed by atoms with Crippen LogP contribution in [0, 0.1) is 0 Å². The largest absolute Gasteiger partial charge is 0.491 e.